The van der Waals surface area contributed by atoms with Gasteiger partial charge in [0.2, 0.25) is 5.91 Å². The van der Waals surface area contributed by atoms with E-state index in [2.05, 4.69) is 32.2 Å². The zero-order chi connectivity index (χ0) is 17.8. The van der Waals surface area contributed by atoms with E-state index in [1.54, 1.807) is 0 Å². The number of aryl methyl sites for hydroxylation is 3. The summed E-state index contributed by atoms with van der Waals surface area (Å²) in [4.78, 5) is 19.1. The van der Waals surface area contributed by atoms with E-state index in [4.69, 9.17) is 0 Å². The molecule has 0 aromatic carbocycles. The van der Waals surface area contributed by atoms with Gasteiger partial charge in [0, 0.05) is 37.1 Å². The molecule has 3 heterocycles. The van der Waals surface area contributed by atoms with Crippen molar-refractivity contribution in [1.82, 2.24) is 20.1 Å². The maximum atomic E-state index is 12.6. The number of rotatable bonds is 5. The maximum absolute atomic E-state index is 12.6. The smallest absolute Gasteiger partial charge is 0.222 e. The first-order valence-corrected chi connectivity index (χ1v) is 9.22. The summed E-state index contributed by atoms with van der Waals surface area (Å²) < 4.78 is 0. The van der Waals surface area contributed by atoms with Gasteiger partial charge in [-0.3, -0.25) is 14.9 Å². The van der Waals surface area contributed by atoms with Crippen molar-refractivity contribution in [2.75, 3.05) is 13.1 Å². The molecule has 1 aliphatic heterocycles. The largest absolute Gasteiger partial charge is 0.342 e. The Bertz CT molecular complexity index is 700. The van der Waals surface area contributed by atoms with Gasteiger partial charge >= 0.3 is 0 Å². The lowest BCUT2D eigenvalue weighted by atomic mass is 9.91. The number of pyridine rings is 1. The predicted molar refractivity (Wildman–Crippen MR) is 98.4 cm³/mol. The highest BCUT2D eigenvalue weighted by Crippen LogP contribution is 2.22. The molecule has 3 rings (SSSR count). The molecule has 0 aliphatic carbocycles. The third-order valence-electron chi connectivity index (χ3n) is 5.24. The molecule has 5 nitrogen and oxygen atoms in total. The van der Waals surface area contributed by atoms with Crippen LogP contribution in [0.1, 0.15) is 47.5 Å². The van der Waals surface area contributed by atoms with Gasteiger partial charge in [-0.25, -0.2) is 0 Å². The van der Waals surface area contributed by atoms with Crippen molar-refractivity contribution in [3.8, 4) is 0 Å². The Balaban J connectivity index is 1.53. The van der Waals surface area contributed by atoms with Crippen molar-refractivity contribution >= 4 is 5.91 Å². The number of carbonyl (C=O) groups is 1. The summed E-state index contributed by atoms with van der Waals surface area (Å²) in [7, 11) is 0. The third-order valence-corrected chi connectivity index (χ3v) is 5.24. The molecule has 1 amide bonds. The molecule has 0 unspecified atom stereocenters. The highest BCUT2D eigenvalue weighted by atomic mass is 16.2. The van der Waals surface area contributed by atoms with Gasteiger partial charge in [0.15, 0.2) is 0 Å². The Kier molecular flexibility index (Phi) is 5.51. The number of aromatic nitrogens is 3. The van der Waals surface area contributed by atoms with Crippen LogP contribution in [-0.2, 0) is 17.6 Å². The van der Waals surface area contributed by atoms with Gasteiger partial charge in [-0.15, -0.1) is 0 Å². The van der Waals surface area contributed by atoms with Crippen LogP contribution in [0, 0.1) is 26.7 Å². The minimum Gasteiger partial charge on any atom is -0.342 e. The van der Waals surface area contributed by atoms with E-state index in [-0.39, 0.29) is 5.91 Å². The monoisotopic (exact) mass is 340 g/mol. The molecular formula is C20H28N4O. The number of piperidine rings is 1. The highest BCUT2D eigenvalue weighted by molar-refractivity contribution is 5.76. The molecule has 0 bridgehead atoms. The molecule has 0 radical (unpaired) electrons. The zero-order valence-electron chi connectivity index (χ0n) is 15.5. The second-order valence-electron chi connectivity index (χ2n) is 7.27. The number of H-pyrrole nitrogens is 1. The third kappa shape index (κ3) is 4.47. The fraction of sp³-hybridized carbons (Fsp3) is 0.550. The molecule has 25 heavy (non-hydrogen) atoms. The predicted octanol–water partition coefficient (Wildman–Crippen LogP) is 3.14. The number of hydrogen-bond acceptors (Lipinski definition) is 3. The van der Waals surface area contributed by atoms with Crippen LogP contribution in [0.4, 0.5) is 0 Å². The van der Waals surface area contributed by atoms with E-state index >= 15 is 0 Å². The molecule has 2 aromatic heterocycles. The Morgan fingerprint density at radius 2 is 2.16 bits per heavy atom. The van der Waals surface area contributed by atoms with Gasteiger partial charge in [-0.05, 0) is 69.6 Å². The van der Waals surface area contributed by atoms with Crippen molar-refractivity contribution < 1.29 is 4.79 Å². The first-order chi connectivity index (χ1) is 12.0. The molecule has 5 heteroatoms. The van der Waals surface area contributed by atoms with Gasteiger partial charge in [0.1, 0.15) is 0 Å². The van der Waals surface area contributed by atoms with E-state index in [1.165, 1.54) is 17.5 Å². The van der Waals surface area contributed by atoms with E-state index in [9.17, 15) is 4.79 Å². The molecule has 134 valence electrons. The first-order valence-electron chi connectivity index (χ1n) is 9.22. The Hall–Kier alpha value is -2.17. The molecule has 1 atom stereocenters. The number of amides is 1. The van der Waals surface area contributed by atoms with Crippen LogP contribution in [0.3, 0.4) is 0 Å². The summed E-state index contributed by atoms with van der Waals surface area (Å²) in [5, 5.41) is 7.21. The number of carbonyl (C=O) groups excluding carboxylic acids is 1. The Labute approximate surface area is 149 Å². The molecule has 1 N–H and O–H groups in total. The summed E-state index contributed by atoms with van der Waals surface area (Å²) in [5.41, 5.74) is 5.60. The van der Waals surface area contributed by atoms with E-state index in [0.29, 0.717) is 12.3 Å². The van der Waals surface area contributed by atoms with Crippen LogP contribution in [0.2, 0.25) is 0 Å². The average molecular weight is 340 g/mol. The molecule has 0 spiro atoms. The van der Waals surface area contributed by atoms with Crippen molar-refractivity contribution in [3.05, 3.63) is 46.5 Å². The Morgan fingerprint density at radius 3 is 2.84 bits per heavy atom. The van der Waals surface area contributed by atoms with Crippen LogP contribution in [0.25, 0.3) is 0 Å². The standard InChI is InChI=1S/C20H28N4O/c1-14-6-7-17(12-21-14)11-18-5-4-10-24(13-18)20(25)9-8-19-15(2)22-23-16(19)3/h6-7,12,18H,4-5,8-11,13H2,1-3H3,(H,22,23)/t18-/m0/s1. The number of nitrogens with zero attached hydrogens (tertiary/aromatic N) is 3. The van der Waals surface area contributed by atoms with Gasteiger partial charge in [-0.2, -0.15) is 5.10 Å². The van der Waals surface area contributed by atoms with Crippen LogP contribution in [0.15, 0.2) is 18.3 Å². The Morgan fingerprint density at radius 1 is 1.32 bits per heavy atom. The number of nitrogens with one attached hydrogen (secondary N) is 1. The number of hydrogen-bond donors (Lipinski definition) is 1. The van der Waals surface area contributed by atoms with E-state index < -0.39 is 0 Å². The normalized spacial score (nSPS) is 17.7. The van der Waals surface area contributed by atoms with E-state index in [0.717, 1.165) is 49.4 Å². The van der Waals surface area contributed by atoms with E-state index in [1.807, 2.05) is 27.0 Å². The summed E-state index contributed by atoms with van der Waals surface area (Å²) in [6.07, 6.45) is 6.62. The highest BCUT2D eigenvalue weighted by Gasteiger charge is 2.24. The molecule has 1 fully saturated rings. The fourth-order valence-electron chi connectivity index (χ4n) is 3.74. The minimum atomic E-state index is 0.270. The summed E-state index contributed by atoms with van der Waals surface area (Å²) in [6.45, 7) is 7.79. The summed E-state index contributed by atoms with van der Waals surface area (Å²) in [6, 6.07) is 4.23. The number of aromatic amines is 1. The lowest BCUT2D eigenvalue weighted by Crippen LogP contribution is -2.40. The van der Waals surface area contributed by atoms with Crippen LogP contribution in [-0.4, -0.2) is 39.1 Å². The SMILES string of the molecule is Cc1ccc(C[C@@H]2CCCN(C(=O)CCc3c(C)n[nH]c3C)C2)cn1. The second-order valence-corrected chi connectivity index (χ2v) is 7.27. The zero-order valence-corrected chi connectivity index (χ0v) is 15.5. The van der Waals surface area contributed by atoms with Crippen molar-refractivity contribution in [2.45, 2.75) is 52.9 Å². The van der Waals surface area contributed by atoms with Gasteiger partial charge in [0.25, 0.3) is 0 Å². The average Bonchev–Trinajstić information content (AvgIpc) is 2.93. The molecule has 0 saturated carbocycles. The van der Waals surface area contributed by atoms with Gasteiger partial charge in [-0.1, -0.05) is 6.07 Å². The van der Waals surface area contributed by atoms with Gasteiger partial charge < -0.3 is 4.90 Å². The molecular weight excluding hydrogens is 312 g/mol. The van der Waals surface area contributed by atoms with Crippen molar-refractivity contribution in [1.29, 1.82) is 0 Å². The van der Waals surface area contributed by atoms with Crippen molar-refractivity contribution in [3.63, 3.8) is 0 Å². The van der Waals surface area contributed by atoms with Crippen LogP contribution >= 0.6 is 0 Å². The summed E-state index contributed by atoms with van der Waals surface area (Å²) >= 11 is 0. The first kappa shape index (κ1) is 17.6. The van der Waals surface area contributed by atoms with Crippen molar-refractivity contribution in [2.24, 2.45) is 5.92 Å². The number of likely N-dealkylation sites (tertiary alicyclic amines) is 1. The second kappa shape index (κ2) is 7.81. The topological polar surface area (TPSA) is 61.9 Å². The lowest BCUT2D eigenvalue weighted by molar-refractivity contribution is -0.132. The maximum Gasteiger partial charge on any atom is 0.222 e. The molecule has 2 aromatic rings. The minimum absolute atomic E-state index is 0.270. The van der Waals surface area contributed by atoms with Crippen LogP contribution in [0.5, 0.6) is 0 Å². The summed E-state index contributed by atoms with van der Waals surface area (Å²) in [5.74, 6) is 0.811. The lowest BCUT2D eigenvalue weighted by Gasteiger charge is -2.33. The van der Waals surface area contributed by atoms with Gasteiger partial charge in [0.05, 0.1) is 5.69 Å². The molecule has 1 saturated heterocycles. The van der Waals surface area contributed by atoms with Crippen LogP contribution < -0.4 is 0 Å². The quantitative estimate of drug-likeness (QED) is 0.909. The molecule has 1 aliphatic rings. The fourth-order valence-corrected chi connectivity index (χ4v) is 3.74.